The van der Waals surface area contributed by atoms with Crippen molar-refractivity contribution in [2.24, 2.45) is 5.92 Å². The van der Waals surface area contributed by atoms with Crippen LogP contribution in [0.25, 0.3) is 0 Å². The smallest absolute Gasteiger partial charge is 0.146 e. The van der Waals surface area contributed by atoms with Gasteiger partial charge in [0.2, 0.25) is 0 Å². The third kappa shape index (κ3) is 3.97. The molecule has 0 aliphatic heterocycles. The van der Waals surface area contributed by atoms with Gasteiger partial charge in [0.1, 0.15) is 11.6 Å². The van der Waals surface area contributed by atoms with Crippen LogP contribution in [0, 0.1) is 11.7 Å². The van der Waals surface area contributed by atoms with Crippen LogP contribution in [0.2, 0.25) is 0 Å². The molecule has 0 heterocycles. The number of ketones is 1. The van der Waals surface area contributed by atoms with E-state index in [1.165, 1.54) is 23.9 Å². The number of carbonyl (C=O) groups is 1. The lowest BCUT2D eigenvalue weighted by molar-refractivity contribution is -0.120. The van der Waals surface area contributed by atoms with E-state index in [4.69, 9.17) is 0 Å². The van der Waals surface area contributed by atoms with Crippen LogP contribution in [-0.2, 0) is 4.79 Å². The molecule has 0 atom stereocenters. The van der Waals surface area contributed by atoms with E-state index >= 15 is 0 Å². The van der Waals surface area contributed by atoms with Gasteiger partial charge in [-0.15, -0.1) is 11.8 Å². The van der Waals surface area contributed by atoms with Crippen molar-refractivity contribution >= 4 is 17.5 Å². The Morgan fingerprint density at radius 2 is 2.06 bits per heavy atom. The number of thioether (sulfide) groups is 1. The summed E-state index contributed by atoms with van der Waals surface area (Å²) in [6.45, 7) is 4.05. The van der Waals surface area contributed by atoms with Gasteiger partial charge >= 0.3 is 0 Å². The fourth-order valence-corrected chi connectivity index (χ4v) is 2.49. The van der Waals surface area contributed by atoms with Crippen LogP contribution in [0.4, 0.5) is 4.39 Å². The fraction of sp³-hybridized carbons (Fsp3) is 0.462. The first kappa shape index (κ1) is 13.2. The molecule has 16 heavy (non-hydrogen) atoms. The first-order valence-corrected chi connectivity index (χ1v) is 6.57. The van der Waals surface area contributed by atoms with Crippen molar-refractivity contribution < 1.29 is 9.18 Å². The Balaban J connectivity index is 2.48. The highest BCUT2D eigenvalue weighted by atomic mass is 32.2. The zero-order valence-electron chi connectivity index (χ0n) is 9.70. The third-order valence-electron chi connectivity index (χ3n) is 2.62. The van der Waals surface area contributed by atoms with E-state index in [0.29, 0.717) is 5.75 Å². The molecule has 0 radical (unpaired) electrons. The molecule has 0 aliphatic rings. The summed E-state index contributed by atoms with van der Waals surface area (Å²) in [4.78, 5) is 12.6. The maximum absolute atomic E-state index is 12.9. The van der Waals surface area contributed by atoms with E-state index in [1.807, 2.05) is 19.9 Å². The van der Waals surface area contributed by atoms with Gasteiger partial charge in [-0.2, -0.15) is 0 Å². The molecule has 1 nitrogen and oxygen atoms in total. The average Bonchev–Trinajstić information content (AvgIpc) is 2.28. The van der Waals surface area contributed by atoms with E-state index < -0.39 is 0 Å². The quantitative estimate of drug-likeness (QED) is 0.701. The third-order valence-corrected chi connectivity index (χ3v) is 3.63. The van der Waals surface area contributed by atoms with Crippen molar-refractivity contribution in [3.05, 3.63) is 30.1 Å². The summed E-state index contributed by atoms with van der Waals surface area (Å²) >= 11 is 1.41. The minimum absolute atomic E-state index is 0.154. The van der Waals surface area contributed by atoms with Crippen LogP contribution in [0.15, 0.2) is 29.2 Å². The normalized spacial score (nSPS) is 10.8. The van der Waals surface area contributed by atoms with Crippen molar-refractivity contribution in [3.8, 4) is 0 Å². The van der Waals surface area contributed by atoms with Gasteiger partial charge in [-0.05, 0) is 31.0 Å². The second-order valence-electron chi connectivity index (χ2n) is 3.73. The summed E-state index contributed by atoms with van der Waals surface area (Å²) in [5.74, 6) is 0.607. The number of hydrogen-bond acceptors (Lipinski definition) is 2. The van der Waals surface area contributed by atoms with Crippen LogP contribution in [0.1, 0.15) is 26.7 Å². The topological polar surface area (TPSA) is 17.1 Å². The fourth-order valence-electron chi connectivity index (χ4n) is 1.57. The molecule has 0 saturated carbocycles. The second-order valence-corrected chi connectivity index (χ2v) is 4.77. The lowest BCUT2D eigenvalue weighted by Crippen LogP contribution is -2.14. The lowest BCUT2D eigenvalue weighted by Gasteiger charge is -2.10. The van der Waals surface area contributed by atoms with Crippen molar-refractivity contribution in [2.45, 2.75) is 31.6 Å². The van der Waals surface area contributed by atoms with Crippen molar-refractivity contribution in [1.82, 2.24) is 0 Å². The first-order chi connectivity index (χ1) is 7.67. The molecule has 0 saturated heterocycles. The second kappa shape index (κ2) is 6.69. The van der Waals surface area contributed by atoms with Gasteiger partial charge in [0.25, 0.3) is 0 Å². The molecule has 0 fully saturated rings. The minimum Gasteiger partial charge on any atom is -0.298 e. The number of hydrogen-bond donors (Lipinski definition) is 0. The Hall–Kier alpha value is -0.830. The number of halogens is 1. The summed E-state index contributed by atoms with van der Waals surface area (Å²) in [5.41, 5.74) is 0. The maximum Gasteiger partial charge on any atom is 0.146 e. The molecular formula is C13H17FOS. The van der Waals surface area contributed by atoms with Crippen LogP contribution >= 0.6 is 11.8 Å². The molecule has 0 bridgehead atoms. The van der Waals surface area contributed by atoms with Gasteiger partial charge in [-0.1, -0.05) is 19.9 Å². The minimum atomic E-state index is -0.250. The summed E-state index contributed by atoms with van der Waals surface area (Å²) in [5, 5.41) is 0. The van der Waals surface area contributed by atoms with Gasteiger partial charge in [0, 0.05) is 10.8 Å². The lowest BCUT2D eigenvalue weighted by atomic mass is 10.00. The summed E-state index contributed by atoms with van der Waals surface area (Å²) < 4.78 is 12.9. The summed E-state index contributed by atoms with van der Waals surface area (Å²) in [6, 6.07) is 6.37. The van der Waals surface area contributed by atoms with Crippen molar-refractivity contribution in [2.75, 3.05) is 5.75 Å². The van der Waals surface area contributed by atoms with Gasteiger partial charge in [0.15, 0.2) is 0 Å². The highest BCUT2D eigenvalue weighted by molar-refractivity contribution is 8.00. The summed E-state index contributed by atoms with van der Waals surface area (Å²) in [6.07, 6.45) is 1.78. The molecule has 88 valence electrons. The van der Waals surface area contributed by atoms with Gasteiger partial charge in [0.05, 0.1) is 5.75 Å². The highest BCUT2D eigenvalue weighted by Crippen LogP contribution is 2.21. The number of Topliss-reactive ketones (excluding diaryl/α,β-unsaturated/α-hetero) is 1. The van der Waals surface area contributed by atoms with Crippen molar-refractivity contribution in [1.29, 1.82) is 0 Å². The zero-order chi connectivity index (χ0) is 12.0. The molecule has 0 amide bonds. The van der Waals surface area contributed by atoms with E-state index in [9.17, 15) is 9.18 Å². The Labute approximate surface area is 100 Å². The number of benzene rings is 1. The molecule has 0 aliphatic carbocycles. The van der Waals surface area contributed by atoms with Crippen LogP contribution in [-0.4, -0.2) is 11.5 Å². The Morgan fingerprint density at radius 3 is 2.62 bits per heavy atom. The van der Waals surface area contributed by atoms with E-state index in [1.54, 1.807) is 6.07 Å². The molecule has 1 aromatic carbocycles. The number of rotatable bonds is 6. The van der Waals surface area contributed by atoms with E-state index in [0.717, 1.165) is 17.7 Å². The largest absolute Gasteiger partial charge is 0.298 e. The molecule has 1 rings (SSSR count). The predicted octanol–water partition coefficient (Wildman–Crippen LogP) is 3.92. The zero-order valence-corrected chi connectivity index (χ0v) is 10.5. The molecular weight excluding hydrogens is 223 g/mol. The predicted molar refractivity (Wildman–Crippen MR) is 66.2 cm³/mol. The molecule has 1 aromatic rings. The maximum atomic E-state index is 12.9. The number of carbonyl (C=O) groups excluding carboxylic acids is 1. The molecule has 3 heteroatoms. The van der Waals surface area contributed by atoms with Gasteiger partial charge < -0.3 is 0 Å². The highest BCUT2D eigenvalue weighted by Gasteiger charge is 2.14. The van der Waals surface area contributed by atoms with E-state index in [2.05, 4.69) is 0 Å². The Bertz CT molecular complexity index is 348. The Kier molecular flexibility index (Phi) is 5.53. The summed E-state index contributed by atoms with van der Waals surface area (Å²) in [7, 11) is 0. The van der Waals surface area contributed by atoms with Crippen molar-refractivity contribution in [3.63, 3.8) is 0 Å². The van der Waals surface area contributed by atoms with E-state index in [-0.39, 0.29) is 17.5 Å². The molecule has 0 unspecified atom stereocenters. The van der Waals surface area contributed by atoms with Crippen LogP contribution in [0.3, 0.4) is 0 Å². The molecule has 0 spiro atoms. The monoisotopic (exact) mass is 240 g/mol. The van der Waals surface area contributed by atoms with Crippen LogP contribution < -0.4 is 0 Å². The molecule has 0 aromatic heterocycles. The van der Waals surface area contributed by atoms with Gasteiger partial charge in [-0.3, -0.25) is 4.79 Å². The van der Waals surface area contributed by atoms with Gasteiger partial charge in [-0.25, -0.2) is 4.39 Å². The SMILES string of the molecule is CCC(CC)C(=O)CSc1cccc(F)c1. The Morgan fingerprint density at radius 1 is 1.38 bits per heavy atom. The average molecular weight is 240 g/mol. The first-order valence-electron chi connectivity index (χ1n) is 5.58. The standard InChI is InChI=1S/C13H17FOS/c1-3-10(4-2)13(15)9-16-12-7-5-6-11(14)8-12/h5-8,10H,3-4,9H2,1-2H3. The van der Waals surface area contributed by atoms with Crippen LogP contribution in [0.5, 0.6) is 0 Å². The molecule has 0 N–H and O–H groups in total.